The molecule has 1 N–H and O–H groups in total. The lowest BCUT2D eigenvalue weighted by Crippen LogP contribution is -2.41. The number of nitrogens with zero attached hydrogens (tertiary/aromatic N) is 1. The van der Waals surface area contributed by atoms with E-state index >= 15 is 0 Å². The first-order chi connectivity index (χ1) is 9.01. The summed E-state index contributed by atoms with van der Waals surface area (Å²) < 4.78 is 6.01. The molecule has 1 atom stereocenters. The summed E-state index contributed by atoms with van der Waals surface area (Å²) in [5, 5.41) is 8.87. The van der Waals surface area contributed by atoms with Crippen LogP contribution in [0, 0.1) is 13.8 Å². The number of hydrogen-bond acceptors (Lipinski definition) is 3. The number of fused-ring (bicyclic) bond motifs is 1. The van der Waals surface area contributed by atoms with Crippen LogP contribution in [0.3, 0.4) is 0 Å². The van der Waals surface area contributed by atoms with Crippen molar-refractivity contribution < 1.29 is 14.6 Å². The van der Waals surface area contributed by atoms with Crippen molar-refractivity contribution in [2.75, 3.05) is 18.0 Å². The molecule has 4 nitrogen and oxygen atoms in total. The monoisotopic (exact) mass is 263 g/mol. The van der Waals surface area contributed by atoms with Crippen molar-refractivity contribution in [3.05, 3.63) is 23.3 Å². The molecule has 0 amide bonds. The third-order valence-electron chi connectivity index (χ3n) is 3.50. The molecule has 0 saturated carbocycles. The fraction of sp³-hybridized carbons (Fsp3) is 0.533. The summed E-state index contributed by atoms with van der Waals surface area (Å²) in [7, 11) is 0. The van der Waals surface area contributed by atoms with E-state index in [1.54, 1.807) is 0 Å². The molecule has 1 aliphatic rings. The first-order valence-electron chi connectivity index (χ1n) is 6.76. The van der Waals surface area contributed by atoms with Crippen molar-refractivity contribution >= 4 is 11.7 Å². The molecule has 4 heteroatoms. The molecule has 19 heavy (non-hydrogen) atoms. The van der Waals surface area contributed by atoms with Crippen LogP contribution in [-0.2, 0) is 4.79 Å². The summed E-state index contributed by atoms with van der Waals surface area (Å²) in [5.74, 6) is 0.152. The number of aliphatic carboxylic acids is 1. The van der Waals surface area contributed by atoms with Crippen molar-refractivity contribution in [3.63, 3.8) is 0 Å². The van der Waals surface area contributed by atoms with Gasteiger partial charge in [-0.15, -0.1) is 0 Å². The number of carboxylic acids is 1. The molecule has 2 rings (SSSR count). The van der Waals surface area contributed by atoms with Gasteiger partial charge in [0.15, 0.2) is 0 Å². The predicted molar refractivity (Wildman–Crippen MR) is 75.1 cm³/mol. The van der Waals surface area contributed by atoms with Crippen LogP contribution >= 0.6 is 0 Å². The quantitative estimate of drug-likeness (QED) is 0.907. The summed E-state index contributed by atoms with van der Waals surface area (Å²) in [6, 6.07) is 4.18. The van der Waals surface area contributed by atoms with E-state index in [0.29, 0.717) is 6.54 Å². The van der Waals surface area contributed by atoms with Crippen LogP contribution in [0.15, 0.2) is 12.1 Å². The summed E-state index contributed by atoms with van der Waals surface area (Å²) in [6.45, 7) is 7.48. The lowest BCUT2D eigenvalue weighted by atomic mass is 10.1. The number of carbonyl (C=O) groups is 1. The van der Waals surface area contributed by atoms with Gasteiger partial charge in [0.2, 0.25) is 0 Å². The van der Waals surface area contributed by atoms with Crippen LogP contribution in [0.4, 0.5) is 5.69 Å². The first-order valence-corrected chi connectivity index (χ1v) is 6.76. The minimum absolute atomic E-state index is 0.141. The number of rotatable bonds is 4. The van der Waals surface area contributed by atoms with E-state index in [2.05, 4.69) is 30.9 Å². The Bertz CT molecular complexity index is 485. The zero-order chi connectivity index (χ0) is 14.0. The highest BCUT2D eigenvalue weighted by atomic mass is 16.5. The summed E-state index contributed by atoms with van der Waals surface area (Å²) in [4.78, 5) is 12.9. The second kappa shape index (κ2) is 5.51. The smallest absolute Gasteiger partial charge is 0.305 e. The molecule has 1 heterocycles. The largest absolute Gasteiger partial charge is 0.486 e. The molecular weight excluding hydrogens is 242 g/mol. The Hall–Kier alpha value is -1.71. The number of ether oxygens (including phenoxy) is 1. The predicted octanol–water partition coefficient (Wildman–Crippen LogP) is 2.76. The number of anilines is 1. The lowest BCUT2D eigenvalue weighted by Gasteiger charge is -2.37. The Kier molecular flexibility index (Phi) is 3.98. The third-order valence-corrected chi connectivity index (χ3v) is 3.50. The Labute approximate surface area is 114 Å². The van der Waals surface area contributed by atoms with E-state index in [0.717, 1.165) is 30.0 Å². The Morgan fingerprint density at radius 3 is 2.84 bits per heavy atom. The molecule has 0 fully saturated rings. The molecule has 0 radical (unpaired) electrons. The van der Waals surface area contributed by atoms with Gasteiger partial charge in [0.25, 0.3) is 0 Å². The van der Waals surface area contributed by atoms with Crippen LogP contribution in [0.5, 0.6) is 5.75 Å². The Morgan fingerprint density at radius 2 is 2.21 bits per heavy atom. The number of aryl methyl sites for hydroxylation is 2. The van der Waals surface area contributed by atoms with Gasteiger partial charge in [0.1, 0.15) is 11.9 Å². The van der Waals surface area contributed by atoms with Crippen molar-refractivity contribution in [3.8, 4) is 5.75 Å². The van der Waals surface area contributed by atoms with Crippen molar-refractivity contribution in [2.24, 2.45) is 0 Å². The fourth-order valence-electron chi connectivity index (χ4n) is 2.52. The molecule has 0 saturated heterocycles. The van der Waals surface area contributed by atoms with E-state index in [1.165, 1.54) is 5.56 Å². The number of hydrogen-bond donors (Lipinski definition) is 1. The van der Waals surface area contributed by atoms with Crippen LogP contribution < -0.4 is 9.64 Å². The summed E-state index contributed by atoms with van der Waals surface area (Å²) in [5.41, 5.74) is 3.33. The Balaban J connectivity index is 2.32. The molecule has 0 bridgehead atoms. The van der Waals surface area contributed by atoms with Crippen LogP contribution in [0.25, 0.3) is 0 Å². The Morgan fingerprint density at radius 1 is 1.47 bits per heavy atom. The minimum Gasteiger partial charge on any atom is -0.486 e. The van der Waals surface area contributed by atoms with Gasteiger partial charge in [-0.25, -0.2) is 0 Å². The normalized spacial score (nSPS) is 17.8. The number of benzene rings is 1. The molecule has 1 aliphatic heterocycles. The average Bonchev–Trinajstić information content (AvgIpc) is 2.36. The topological polar surface area (TPSA) is 49.8 Å². The van der Waals surface area contributed by atoms with E-state index in [4.69, 9.17) is 9.84 Å². The minimum atomic E-state index is -0.759. The van der Waals surface area contributed by atoms with Crippen LogP contribution in [0.2, 0.25) is 0 Å². The molecule has 1 aromatic carbocycles. The van der Waals surface area contributed by atoms with Gasteiger partial charge in [-0.3, -0.25) is 4.79 Å². The fourth-order valence-corrected chi connectivity index (χ4v) is 2.52. The second-order valence-electron chi connectivity index (χ2n) is 5.17. The van der Waals surface area contributed by atoms with Gasteiger partial charge in [-0.05, 0) is 37.5 Å². The number of carboxylic acid groups (broad SMARTS) is 1. The highest BCUT2D eigenvalue weighted by Crippen LogP contribution is 2.38. The maximum Gasteiger partial charge on any atom is 0.305 e. The van der Waals surface area contributed by atoms with Gasteiger partial charge in [-0.2, -0.15) is 0 Å². The standard InChI is InChI=1S/C15H21NO3/c1-4-12-9-16(6-5-14(17)18)13-8-10(2)7-11(3)15(13)19-12/h7-8,12H,4-6,9H2,1-3H3,(H,17,18). The lowest BCUT2D eigenvalue weighted by molar-refractivity contribution is -0.136. The molecule has 104 valence electrons. The first kappa shape index (κ1) is 13.7. The van der Waals surface area contributed by atoms with E-state index < -0.39 is 5.97 Å². The third kappa shape index (κ3) is 3.00. The van der Waals surface area contributed by atoms with Gasteiger partial charge >= 0.3 is 5.97 Å². The maximum atomic E-state index is 10.8. The SMILES string of the molecule is CCC1CN(CCC(=O)O)c2cc(C)cc(C)c2O1. The zero-order valence-electron chi connectivity index (χ0n) is 11.8. The maximum absolute atomic E-state index is 10.8. The van der Waals surface area contributed by atoms with Crippen molar-refractivity contribution in [1.82, 2.24) is 0 Å². The molecule has 0 spiro atoms. The van der Waals surface area contributed by atoms with Gasteiger partial charge in [0, 0.05) is 6.54 Å². The average molecular weight is 263 g/mol. The second-order valence-corrected chi connectivity index (χ2v) is 5.17. The van der Waals surface area contributed by atoms with Crippen molar-refractivity contribution in [2.45, 2.75) is 39.7 Å². The molecule has 0 aliphatic carbocycles. The van der Waals surface area contributed by atoms with Crippen molar-refractivity contribution in [1.29, 1.82) is 0 Å². The molecular formula is C15H21NO3. The van der Waals surface area contributed by atoms with Crippen LogP contribution in [-0.4, -0.2) is 30.3 Å². The van der Waals surface area contributed by atoms with Gasteiger partial charge in [-0.1, -0.05) is 13.0 Å². The highest BCUT2D eigenvalue weighted by Gasteiger charge is 2.26. The van der Waals surface area contributed by atoms with Crippen LogP contribution in [0.1, 0.15) is 30.9 Å². The highest BCUT2D eigenvalue weighted by molar-refractivity contribution is 5.69. The van der Waals surface area contributed by atoms with E-state index in [-0.39, 0.29) is 12.5 Å². The zero-order valence-corrected chi connectivity index (χ0v) is 11.8. The molecule has 1 unspecified atom stereocenters. The van der Waals surface area contributed by atoms with E-state index in [1.807, 2.05) is 6.92 Å². The molecule has 0 aromatic heterocycles. The molecule has 1 aromatic rings. The summed E-state index contributed by atoms with van der Waals surface area (Å²) >= 11 is 0. The van der Waals surface area contributed by atoms with E-state index in [9.17, 15) is 4.79 Å². The summed E-state index contributed by atoms with van der Waals surface area (Å²) in [6.07, 6.45) is 1.22. The van der Waals surface area contributed by atoms with Gasteiger partial charge < -0.3 is 14.7 Å². The van der Waals surface area contributed by atoms with Gasteiger partial charge in [0.05, 0.1) is 18.7 Å².